The maximum absolute atomic E-state index is 6.40. The van der Waals surface area contributed by atoms with Crippen molar-refractivity contribution in [3.05, 3.63) is 41.5 Å². The molecule has 2 N–H and O–H groups in total. The average Bonchev–Trinajstić information content (AvgIpc) is 2.55. The minimum Gasteiger partial charge on any atom is -0.489 e. The number of aromatic nitrogens is 1. The van der Waals surface area contributed by atoms with Crippen molar-refractivity contribution in [1.82, 2.24) is 9.88 Å². The number of rotatable bonds is 8. The summed E-state index contributed by atoms with van der Waals surface area (Å²) in [7, 11) is 4.17. The molecule has 1 aliphatic carbocycles. The van der Waals surface area contributed by atoms with Crippen LogP contribution in [0.1, 0.15) is 56.6 Å². The lowest BCUT2D eigenvalue weighted by molar-refractivity contribution is 0.175. The van der Waals surface area contributed by atoms with Gasteiger partial charge in [-0.2, -0.15) is 0 Å². The molecule has 0 aliphatic heterocycles. The first kappa shape index (κ1) is 19.7. The fourth-order valence-electron chi connectivity index (χ4n) is 4.02. The van der Waals surface area contributed by atoms with E-state index in [-0.39, 0.29) is 6.10 Å². The van der Waals surface area contributed by atoms with E-state index in [1.54, 1.807) is 0 Å². The van der Waals surface area contributed by atoms with Crippen LogP contribution < -0.4 is 10.5 Å². The summed E-state index contributed by atoms with van der Waals surface area (Å²) in [5.74, 6) is 2.22. The number of pyridine rings is 1. The molecule has 27 heavy (non-hydrogen) atoms. The van der Waals surface area contributed by atoms with E-state index in [1.807, 2.05) is 12.1 Å². The zero-order chi connectivity index (χ0) is 19.4. The summed E-state index contributed by atoms with van der Waals surface area (Å²) < 4.78 is 6.40. The van der Waals surface area contributed by atoms with Crippen molar-refractivity contribution in [1.29, 1.82) is 0 Å². The van der Waals surface area contributed by atoms with Crippen molar-refractivity contribution in [3.63, 3.8) is 0 Å². The Balaban J connectivity index is 2.06. The molecular weight excluding hydrogens is 334 g/mol. The molecule has 1 unspecified atom stereocenters. The van der Waals surface area contributed by atoms with Crippen molar-refractivity contribution >= 4 is 5.82 Å². The molecule has 0 saturated heterocycles. The van der Waals surface area contributed by atoms with Crippen LogP contribution in [-0.4, -0.2) is 36.6 Å². The highest BCUT2D eigenvalue weighted by Gasteiger charge is 2.28. The van der Waals surface area contributed by atoms with Crippen LogP contribution >= 0.6 is 0 Å². The van der Waals surface area contributed by atoms with E-state index in [9.17, 15) is 0 Å². The largest absolute Gasteiger partial charge is 0.489 e. The van der Waals surface area contributed by atoms with Crippen molar-refractivity contribution in [2.75, 3.05) is 26.4 Å². The molecule has 0 spiro atoms. The van der Waals surface area contributed by atoms with Crippen molar-refractivity contribution in [2.45, 2.75) is 58.0 Å². The molecule has 1 atom stereocenters. The van der Waals surface area contributed by atoms with E-state index in [1.165, 1.54) is 36.0 Å². The Hall–Kier alpha value is -2.07. The Kier molecular flexibility index (Phi) is 6.38. The molecule has 4 heteroatoms. The molecule has 0 amide bonds. The van der Waals surface area contributed by atoms with Crippen LogP contribution in [0.5, 0.6) is 5.75 Å². The van der Waals surface area contributed by atoms with E-state index in [0.29, 0.717) is 11.7 Å². The normalized spacial score (nSPS) is 15.6. The molecule has 0 bridgehead atoms. The summed E-state index contributed by atoms with van der Waals surface area (Å²) in [6.07, 6.45) is 6.10. The fraction of sp³-hybridized carbons (Fsp3) is 0.522. The van der Waals surface area contributed by atoms with Gasteiger partial charge in [-0.25, -0.2) is 4.98 Å². The predicted molar refractivity (Wildman–Crippen MR) is 113 cm³/mol. The third-order valence-electron chi connectivity index (χ3n) is 5.32. The first-order valence-corrected chi connectivity index (χ1v) is 10.2. The molecule has 1 aromatic carbocycles. The number of hydrogen-bond donors (Lipinski definition) is 1. The third kappa shape index (κ3) is 4.62. The summed E-state index contributed by atoms with van der Waals surface area (Å²) in [4.78, 5) is 6.78. The molecule has 1 heterocycles. The van der Waals surface area contributed by atoms with Gasteiger partial charge in [-0.1, -0.05) is 25.8 Å². The number of nitrogens with two attached hydrogens (primary N) is 1. The lowest BCUT2D eigenvalue weighted by Crippen LogP contribution is -2.28. The van der Waals surface area contributed by atoms with Crippen molar-refractivity contribution in [2.24, 2.45) is 0 Å². The minimum atomic E-state index is 0.154. The molecule has 4 nitrogen and oxygen atoms in total. The van der Waals surface area contributed by atoms with Gasteiger partial charge in [0, 0.05) is 12.1 Å². The Labute approximate surface area is 163 Å². The van der Waals surface area contributed by atoms with Gasteiger partial charge in [0.25, 0.3) is 0 Å². The Morgan fingerprint density at radius 1 is 1.22 bits per heavy atom. The van der Waals surface area contributed by atoms with E-state index in [4.69, 9.17) is 10.5 Å². The first-order valence-electron chi connectivity index (χ1n) is 10.2. The molecular formula is C23H33N3O. The van der Waals surface area contributed by atoms with Gasteiger partial charge in [-0.15, -0.1) is 0 Å². The van der Waals surface area contributed by atoms with Crippen LogP contribution in [0, 0.1) is 0 Å². The molecule has 1 aliphatic rings. The lowest BCUT2D eigenvalue weighted by atomic mass is 9.75. The maximum atomic E-state index is 6.40. The predicted octanol–water partition coefficient (Wildman–Crippen LogP) is 4.88. The highest BCUT2D eigenvalue weighted by molar-refractivity contribution is 5.70. The molecule has 2 aromatic rings. The number of anilines is 1. The second-order valence-electron chi connectivity index (χ2n) is 8.02. The smallest absolute Gasteiger partial charge is 0.124 e. The van der Waals surface area contributed by atoms with Crippen LogP contribution in [0.2, 0.25) is 0 Å². The van der Waals surface area contributed by atoms with Crippen LogP contribution in [0.15, 0.2) is 30.3 Å². The summed E-state index contributed by atoms with van der Waals surface area (Å²) in [6, 6.07) is 10.2. The second-order valence-corrected chi connectivity index (χ2v) is 8.02. The number of nitrogen functional groups attached to an aromatic ring is 1. The van der Waals surface area contributed by atoms with Crippen LogP contribution in [-0.2, 0) is 6.42 Å². The Morgan fingerprint density at radius 3 is 2.59 bits per heavy atom. The number of benzene rings is 1. The molecule has 1 fully saturated rings. The topological polar surface area (TPSA) is 51.4 Å². The van der Waals surface area contributed by atoms with Crippen molar-refractivity contribution in [3.8, 4) is 17.0 Å². The first-order chi connectivity index (χ1) is 13.0. The van der Waals surface area contributed by atoms with Crippen LogP contribution in [0.4, 0.5) is 5.82 Å². The molecule has 0 radical (unpaired) electrons. The van der Waals surface area contributed by atoms with Gasteiger partial charge in [0.15, 0.2) is 0 Å². The molecule has 146 valence electrons. The summed E-state index contributed by atoms with van der Waals surface area (Å²) in [5, 5.41) is 0. The Bertz CT molecular complexity index is 768. The van der Waals surface area contributed by atoms with Crippen LogP contribution in [0.25, 0.3) is 11.3 Å². The quantitative estimate of drug-likeness (QED) is 0.722. The van der Waals surface area contributed by atoms with E-state index in [2.05, 4.69) is 56.0 Å². The minimum absolute atomic E-state index is 0.154. The molecule has 1 saturated carbocycles. The van der Waals surface area contributed by atoms with Gasteiger partial charge in [-0.3, -0.25) is 0 Å². The standard InChI is InChI=1S/C23H33N3O/c1-5-8-19-21(27-16(2)15-26(3)4)14-13-18(23(19)17-9-6-10-17)20-11-7-12-22(24)25-20/h7,11-14,16-17H,5-6,8-10,15H2,1-4H3,(H2,24,25). The summed E-state index contributed by atoms with van der Waals surface area (Å²) >= 11 is 0. The maximum Gasteiger partial charge on any atom is 0.124 e. The number of hydrogen-bond acceptors (Lipinski definition) is 4. The van der Waals surface area contributed by atoms with Crippen LogP contribution in [0.3, 0.4) is 0 Å². The van der Waals surface area contributed by atoms with Gasteiger partial charge in [0.1, 0.15) is 17.7 Å². The van der Waals surface area contributed by atoms with Crippen molar-refractivity contribution < 1.29 is 4.74 Å². The number of ether oxygens (including phenoxy) is 1. The van der Waals surface area contributed by atoms with Gasteiger partial charge in [-0.05, 0) is 81.6 Å². The highest BCUT2D eigenvalue weighted by atomic mass is 16.5. The second kappa shape index (κ2) is 8.75. The van der Waals surface area contributed by atoms with Gasteiger partial charge in [0.2, 0.25) is 0 Å². The van der Waals surface area contributed by atoms with E-state index < -0.39 is 0 Å². The van der Waals surface area contributed by atoms with E-state index >= 15 is 0 Å². The lowest BCUT2D eigenvalue weighted by Gasteiger charge is -2.32. The zero-order valence-electron chi connectivity index (χ0n) is 17.2. The molecule has 1 aromatic heterocycles. The summed E-state index contributed by atoms with van der Waals surface area (Å²) in [6.45, 7) is 5.29. The Morgan fingerprint density at radius 2 is 2.00 bits per heavy atom. The average molecular weight is 368 g/mol. The van der Waals surface area contributed by atoms with Gasteiger partial charge in [0.05, 0.1) is 5.69 Å². The number of likely N-dealkylation sites (N-methyl/N-ethyl adjacent to an activating group) is 1. The third-order valence-corrected chi connectivity index (χ3v) is 5.32. The SMILES string of the molecule is CCCc1c(OC(C)CN(C)C)ccc(-c2cccc(N)n2)c1C1CCC1. The van der Waals surface area contributed by atoms with Gasteiger partial charge >= 0.3 is 0 Å². The van der Waals surface area contributed by atoms with Gasteiger partial charge < -0.3 is 15.4 Å². The highest BCUT2D eigenvalue weighted by Crippen LogP contribution is 2.45. The monoisotopic (exact) mass is 367 g/mol. The summed E-state index contributed by atoms with van der Waals surface area (Å²) in [5.41, 5.74) is 11.0. The zero-order valence-corrected chi connectivity index (χ0v) is 17.2. The fourth-order valence-corrected chi connectivity index (χ4v) is 4.02. The van der Waals surface area contributed by atoms with E-state index in [0.717, 1.165) is 30.8 Å². The number of nitrogens with zero attached hydrogens (tertiary/aromatic N) is 2. The molecule has 3 rings (SSSR count).